The Hall–Kier alpha value is -2.03. The first-order valence-corrected chi connectivity index (χ1v) is 14.6. The molecule has 9 heteroatoms. The van der Waals surface area contributed by atoms with Crippen LogP contribution in [0.4, 0.5) is 0 Å². The van der Waals surface area contributed by atoms with Gasteiger partial charge in [0.2, 0.25) is 11.8 Å². The molecule has 0 rings (SSSR count). The fraction of sp³-hybridized carbons (Fsp3) is 0.759. The van der Waals surface area contributed by atoms with Gasteiger partial charge >= 0.3 is 5.97 Å². The number of halogens is 1. The number of hydrogen-bond acceptors (Lipinski definition) is 6. The van der Waals surface area contributed by atoms with E-state index in [-0.39, 0.29) is 35.7 Å². The third kappa shape index (κ3) is 14.8. The summed E-state index contributed by atoms with van der Waals surface area (Å²) in [6, 6.07) is -0.682. The normalized spacial score (nSPS) is 13.4. The van der Waals surface area contributed by atoms with Gasteiger partial charge in [0.05, 0.1) is 6.04 Å². The molecule has 0 saturated heterocycles. The van der Waals surface area contributed by atoms with E-state index in [0.29, 0.717) is 56.0 Å². The molecule has 0 fully saturated rings. The van der Waals surface area contributed by atoms with Crippen molar-refractivity contribution in [2.75, 3.05) is 11.9 Å². The lowest BCUT2D eigenvalue weighted by molar-refractivity contribution is -0.152. The Morgan fingerprint density at radius 2 is 1.58 bits per heavy atom. The summed E-state index contributed by atoms with van der Waals surface area (Å²) in [7, 11) is 0. The third-order valence-electron chi connectivity index (χ3n) is 6.31. The molecule has 218 valence electrons. The molecule has 0 spiro atoms. The van der Waals surface area contributed by atoms with E-state index in [1.807, 2.05) is 48.5 Å². The molecule has 0 aliphatic heterocycles. The van der Waals surface area contributed by atoms with Crippen LogP contribution in [-0.2, 0) is 28.7 Å². The molecule has 0 aromatic rings. The molecule has 38 heavy (non-hydrogen) atoms. The summed E-state index contributed by atoms with van der Waals surface area (Å²) in [5.41, 5.74) is -0.955. The molecule has 0 heterocycles. The maximum atomic E-state index is 13.2. The lowest BCUT2D eigenvalue weighted by atomic mass is 9.83. The van der Waals surface area contributed by atoms with Crippen LogP contribution in [0.25, 0.3) is 0 Å². The fourth-order valence-corrected chi connectivity index (χ4v) is 4.15. The molecule has 0 bridgehead atoms. The van der Waals surface area contributed by atoms with Crippen LogP contribution < -0.4 is 10.6 Å². The van der Waals surface area contributed by atoms with Crippen LogP contribution in [0.15, 0.2) is 12.2 Å². The van der Waals surface area contributed by atoms with Crippen LogP contribution in [0.3, 0.4) is 0 Å². The maximum Gasteiger partial charge on any atom is 0.334 e. The van der Waals surface area contributed by atoms with Crippen LogP contribution in [0, 0.1) is 17.3 Å². The topological polar surface area (TPSA) is 119 Å². The monoisotopic (exact) mass is 600 g/mol. The van der Waals surface area contributed by atoms with E-state index in [0.717, 1.165) is 0 Å². The van der Waals surface area contributed by atoms with Crippen molar-refractivity contribution in [1.82, 2.24) is 10.6 Å². The van der Waals surface area contributed by atoms with E-state index in [9.17, 15) is 24.0 Å². The molecular weight excluding hydrogens is 552 g/mol. The van der Waals surface area contributed by atoms with Crippen LogP contribution in [0.5, 0.6) is 0 Å². The summed E-state index contributed by atoms with van der Waals surface area (Å²) in [5, 5.41) is 5.97. The summed E-state index contributed by atoms with van der Waals surface area (Å²) in [5.74, 6) is -1.58. The van der Waals surface area contributed by atoms with Crippen molar-refractivity contribution in [2.24, 2.45) is 17.3 Å². The van der Waals surface area contributed by atoms with E-state index in [1.165, 1.54) is 6.92 Å². The molecule has 0 unspecified atom stereocenters. The van der Waals surface area contributed by atoms with E-state index in [1.54, 1.807) is 0 Å². The largest absolute Gasteiger partial charge is 0.456 e. The highest BCUT2D eigenvalue weighted by Crippen LogP contribution is 2.24. The zero-order valence-corrected chi connectivity index (χ0v) is 26.2. The standard InChI is InChI=1S/C29H49BrN2O6/c1-19(2)23(17-22(34)13-10-11-15-29(8,9)38-27(37)20(3)18-30)26(36)32-24(25(35)28(5,6)7)14-12-16-31-21(4)33/h19,23-24H,3,10-18H2,1-2,4-9H3,(H,31,33)(H,32,36)/t23-,24-/m0/s1. The summed E-state index contributed by atoms with van der Waals surface area (Å²) in [6.07, 6.45) is 3.31. The van der Waals surface area contributed by atoms with Crippen molar-refractivity contribution in [3.8, 4) is 0 Å². The smallest absolute Gasteiger partial charge is 0.334 e. The molecular formula is C29H49BrN2O6. The number of alkyl halides is 1. The van der Waals surface area contributed by atoms with Gasteiger partial charge in [0.25, 0.3) is 0 Å². The van der Waals surface area contributed by atoms with Gasteiger partial charge in [-0.2, -0.15) is 0 Å². The number of carbonyl (C=O) groups is 5. The first-order chi connectivity index (χ1) is 17.4. The zero-order valence-electron chi connectivity index (χ0n) is 24.6. The first kappa shape index (κ1) is 36.0. The zero-order chi connectivity index (χ0) is 29.7. The number of rotatable bonds is 18. The van der Waals surface area contributed by atoms with E-state index >= 15 is 0 Å². The van der Waals surface area contributed by atoms with Gasteiger partial charge in [-0.3, -0.25) is 19.2 Å². The predicted molar refractivity (Wildman–Crippen MR) is 154 cm³/mol. The van der Waals surface area contributed by atoms with E-state index in [4.69, 9.17) is 4.74 Å². The molecule has 0 aliphatic carbocycles. The third-order valence-corrected chi connectivity index (χ3v) is 6.99. The lowest BCUT2D eigenvalue weighted by Crippen LogP contribution is -2.48. The highest BCUT2D eigenvalue weighted by Gasteiger charge is 2.33. The molecule has 0 saturated carbocycles. The quantitative estimate of drug-likeness (QED) is 0.0981. The Balaban J connectivity index is 4.99. The maximum absolute atomic E-state index is 13.2. The van der Waals surface area contributed by atoms with Crippen molar-refractivity contribution in [1.29, 1.82) is 0 Å². The lowest BCUT2D eigenvalue weighted by Gasteiger charge is -2.28. The Morgan fingerprint density at radius 3 is 2.08 bits per heavy atom. The molecule has 0 radical (unpaired) electrons. The van der Waals surface area contributed by atoms with Gasteiger partial charge in [-0.1, -0.05) is 57.1 Å². The minimum atomic E-state index is -0.682. The van der Waals surface area contributed by atoms with Crippen LogP contribution in [0.1, 0.15) is 100 Å². The minimum absolute atomic E-state index is 0.00864. The molecule has 0 aromatic heterocycles. The van der Waals surface area contributed by atoms with Crippen LogP contribution >= 0.6 is 15.9 Å². The van der Waals surface area contributed by atoms with Crippen molar-refractivity contribution in [3.63, 3.8) is 0 Å². The minimum Gasteiger partial charge on any atom is -0.456 e. The van der Waals surface area contributed by atoms with Gasteiger partial charge in [0, 0.05) is 48.5 Å². The van der Waals surface area contributed by atoms with E-state index in [2.05, 4.69) is 33.1 Å². The number of ether oxygens (including phenoxy) is 1. The van der Waals surface area contributed by atoms with Crippen molar-refractivity contribution in [3.05, 3.63) is 12.2 Å². The highest BCUT2D eigenvalue weighted by molar-refractivity contribution is 9.09. The highest BCUT2D eigenvalue weighted by atomic mass is 79.9. The fourth-order valence-electron chi connectivity index (χ4n) is 3.92. The summed E-state index contributed by atoms with van der Waals surface area (Å²) in [6.45, 7) is 18.4. The number of esters is 1. The Labute approximate surface area is 237 Å². The summed E-state index contributed by atoms with van der Waals surface area (Å²) < 4.78 is 5.50. The first-order valence-electron chi connectivity index (χ1n) is 13.5. The number of ketones is 2. The second-order valence-corrected chi connectivity index (χ2v) is 12.5. The molecule has 0 aromatic carbocycles. The number of unbranched alkanes of at least 4 members (excludes halogenated alkanes) is 1. The van der Waals surface area contributed by atoms with Crippen molar-refractivity contribution >= 4 is 45.3 Å². The molecule has 2 atom stereocenters. The second-order valence-electron chi connectivity index (χ2n) is 12.0. The van der Waals surface area contributed by atoms with Gasteiger partial charge in [-0.25, -0.2) is 4.79 Å². The number of amides is 2. The number of nitrogens with one attached hydrogen (secondary N) is 2. The van der Waals surface area contributed by atoms with Crippen molar-refractivity contribution < 1.29 is 28.7 Å². The van der Waals surface area contributed by atoms with Gasteiger partial charge in [-0.15, -0.1) is 0 Å². The second kappa shape index (κ2) is 16.8. The number of Topliss-reactive ketones (excluding diaryl/α,β-unsaturated/α-hetero) is 2. The number of hydrogen-bond donors (Lipinski definition) is 2. The van der Waals surface area contributed by atoms with Gasteiger partial charge in [0.1, 0.15) is 11.4 Å². The predicted octanol–water partition coefficient (Wildman–Crippen LogP) is 5.07. The van der Waals surface area contributed by atoms with Crippen molar-refractivity contribution in [2.45, 2.75) is 112 Å². The average Bonchev–Trinajstić information content (AvgIpc) is 2.79. The van der Waals surface area contributed by atoms with E-state index < -0.39 is 28.9 Å². The van der Waals surface area contributed by atoms with Crippen LogP contribution in [0.2, 0.25) is 0 Å². The molecule has 0 aliphatic rings. The Kier molecular flexibility index (Phi) is 15.9. The molecule has 8 nitrogen and oxygen atoms in total. The molecule has 2 N–H and O–H groups in total. The van der Waals surface area contributed by atoms with Gasteiger partial charge in [0.15, 0.2) is 5.78 Å². The average molecular weight is 602 g/mol. The summed E-state index contributed by atoms with van der Waals surface area (Å²) in [4.78, 5) is 62.1. The summed E-state index contributed by atoms with van der Waals surface area (Å²) >= 11 is 3.19. The molecule has 2 amide bonds. The number of carbonyl (C=O) groups excluding carboxylic acids is 5. The van der Waals surface area contributed by atoms with Crippen LogP contribution in [-0.4, -0.2) is 52.9 Å². The van der Waals surface area contributed by atoms with Gasteiger partial charge in [-0.05, 0) is 51.9 Å². The Morgan fingerprint density at radius 1 is 0.974 bits per heavy atom. The van der Waals surface area contributed by atoms with Gasteiger partial charge < -0.3 is 15.4 Å². The Bertz CT molecular complexity index is 844. The SMILES string of the molecule is C=C(CBr)C(=O)OC(C)(C)CCCCC(=O)C[C@H](C(=O)N[C@@H](CCCNC(C)=O)C(=O)C(C)(C)C)C(C)C.